The van der Waals surface area contributed by atoms with Gasteiger partial charge in [0, 0.05) is 24.1 Å². The SMILES string of the molecule is COc1cccc(OCCCCn2c(Cc3ccc(Cl)cc3)nc3ccccc32)c1. The van der Waals surface area contributed by atoms with E-state index in [1.54, 1.807) is 7.11 Å². The molecule has 154 valence electrons. The van der Waals surface area contributed by atoms with Gasteiger partial charge in [-0.2, -0.15) is 0 Å². The fourth-order valence-corrected chi connectivity index (χ4v) is 3.67. The number of ether oxygens (including phenoxy) is 2. The molecule has 0 amide bonds. The van der Waals surface area contributed by atoms with Gasteiger partial charge in [0.1, 0.15) is 17.3 Å². The second-order valence-electron chi connectivity index (χ2n) is 7.21. The fraction of sp³-hybridized carbons (Fsp3) is 0.240. The number of benzene rings is 3. The Labute approximate surface area is 182 Å². The summed E-state index contributed by atoms with van der Waals surface area (Å²) in [5, 5.41) is 0.753. The minimum atomic E-state index is 0.673. The van der Waals surface area contributed by atoms with Crippen LogP contribution in [-0.2, 0) is 13.0 Å². The van der Waals surface area contributed by atoms with Crippen LogP contribution >= 0.6 is 11.6 Å². The van der Waals surface area contributed by atoms with Gasteiger partial charge in [0.15, 0.2) is 0 Å². The summed E-state index contributed by atoms with van der Waals surface area (Å²) in [6.07, 6.45) is 2.76. The van der Waals surface area contributed by atoms with Gasteiger partial charge in [0.25, 0.3) is 0 Å². The summed E-state index contributed by atoms with van der Waals surface area (Å²) in [6.45, 7) is 1.58. The van der Waals surface area contributed by atoms with E-state index < -0.39 is 0 Å². The van der Waals surface area contributed by atoms with Gasteiger partial charge in [-0.15, -0.1) is 0 Å². The molecule has 3 aromatic carbocycles. The first-order valence-corrected chi connectivity index (χ1v) is 10.6. The Balaban J connectivity index is 1.40. The van der Waals surface area contributed by atoms with E-state index in [1.807, 2.05) is 42.5 Å². The number of methoxy groups -OCH3 is 1. The number of imidazole rings is 1. The van der Waals surface area contributed by atoms with E-state index in [1.165, 1.54) is 11.1 Å². The Morgan fingerprint density at radius 2 is 1.70 bits per heavy atom. The number of aromatic nitrogens is 2. The summed E-state index contributed by atoms with van der Waals surface area (Å²) in [7, 11) is 1.66. The zero-order valence-corrected chi connectivity index (χ0v) is 17.8. The van der Waals surface area contributed by atoms with Gasteiger partial charge in [-0.1, -0.05) is 41.9 Å². The van der Waals surface area contributed by atoms with Gasteiger partial charge in [-0.05, 0) is 54.8 Å². The minimum Gasteiger partial charge on any atom is -0.497 e. The Bertz CT molecular complexity index is 1110. The van der Waals surface area contributed by atoms with Gasteiger partial charge in [0.2, 0.25) is 0 Å². The van der Waals surface area contributed by atoms with Crippen molar-refractivity contribution in [2.24, 2.45) is 0 Å². The molecule has 0 atom stereocenters. The third kappa shape index (κ3) is 4.95. The molecule has 1 aromatic heterocycles. The molecule has 0 aliphatic rings. The van der Waals surface area contributed by atoms with Crippen LogP contribution in [0.15, 0.2) is 72.8 Å². The lowest BCUT2D eigenvalue weighted by Crippen LogP contribution is -2.07. The van der Waals surface area contributed by atoms with Crippen LogP contribution in [0, 0.1) is 0 Å². The number of halogens is 1. The van der Waals surface area contributed by atoms with E-state index in [2.05, 4.69) is 34.9 Å². The normalized spacial score (nSPS) is 11.0. The first kappa shape index (κ1) is 20.3. The zero-order chi connectivity index (χ0) is 20.8. The summed E-state index contributed by atoms with van der Waals surface area (Å²) >= 11 is 6.03. The van der Waals surface area contributed by atoms with Crippen molar-refractivity contribution in [2.75, 3.05) is 13.7 Å². The molecular weight excluding hydrogens is 396 g/mol. The molecule has 0 aliphatic heterocycles. The highest BCUT2D eigenvalue weighted by atomic mass is 35.5. The Kier molecular flexibility index (Phi) is 6.55. The zero-order valence-electron chi connectivity index (χ0n) is 17.1. The van der Waals surface area contributed by atoms with Crippen molar-refractivity contribution >= 4 is 22.6 Å². The first-order valence-electron chi connectivity index (χ1n) is 10.2. The van der Waals surface area contributed by atoms with Crippen molar-refractivity contribution < 1.29 is 9.47 Å². The molecule has 4 rings (SSSR count). The van der Waals surface area contributed by atoms with E-state index in [0.717, 1.165) is 53.7 Å². The summed E-state index contributed by atoms with van der Waals surface area (Å²) in [4.78, 5) is 4.88. The lowest BCUT2D eigenvalue weighted by molar-refractivity contribution is 0.301. The molecule has 0 spiro atoms. The Hall–Kier alpha value is -2.98. The monoisotopic (exact) mass is 420 g/mol. The van der Waals surface area contributed by atoms with Crippen molar-refractivity contribution in [3.05, 3.63) is 89.2 Å². The van der Waals surface area contributed by atoms with Gasteiger partial charge in [-0.25, -0.2) is 4.98 Å². The molecule has 4 nitrogen and oxygen atoms in total. The van der Waals surface area contributed by atoms with Gasteiger partial charge in [-0.3, -0.25) is 0 Å². The van der Waals surface area contributed by atoms with Crippen LogP contribution in [-0.4, -0.2) is 23.3 Å². The number of rotatable bonds is 9. The average molecular weight is 421 g/mol. The van der Waals surface area contributed by atoms with Crippen LogP contribution in [0.1, 0.15) is 24.2 Å². The maximum absolute atomic E-state index is 6.03. The molecule has 0 bridgehead atoms. The number of aryl methyl sites for hydroxylation is 1. The summed E-state index contributed by atoms with van der Waals surface area (Å²) in [5.41, 5.74) is 3.42. The van der Waals surface area contributed by atoms with Crippen LogP contribution in [0.2, 0.25) is 5.02 Å². The first-order chi connectivity index (χ1) is 14.7. The van der Waals surface area contributed by atoms with E-state index in [9.17, 15) is 0 Å². The highest BCUT2D eigenvalue weighted by Crippen LogP contribution is 2.21. The molecule has 30 heavy (non-hydrogen) atoms. The number of hydrogen-bond acceptors (Lipinski definition) is 3. The topological polar surface area (TPSA) is 36.3 Å². The summed E-state index contributed by atoms with van der Waals surface area (Å²) in [6, 6.07) is 24.0. The number of unbranched alkanes of at least 4 members (excludes halogenated alkanes) is 1. The average Bonchev–Trinajstić information content (AvgIpc) is 3.12. The second kappa shape index (κ2) is 9.68. The highest BCUT2D eigenvalue weighted by Gasteiger charge is 2.11. The fourth-order valence-electron chi connectivity index (χ4n) is 3.55. The molecule has 0 fully saturated rings. The van der Waals surface area contributed by atoms with Gasteiger partial charge < -0.3 is 14.0 Å². The predicted molar refractivity (Wildman–Crippen MR) is 122 cm³/mol. The molecule has 5 heteroatoms. The molecule has 0 N–H and O–H groups in total. The lowest BCUT2D eigenvalue weighted by Gasteiger charge is -2.11. The lowest BCUT2D eigenvalue weighted by atomic mass is 10.1. The van der Waals surface area contributed by atoms with Crippen molar-refractivity contribution in [1.82, 2.24) is 9.55 Å². The largest absolute Gasteiger partial charge is 0.497 e. The van der Waals surface area contributed by atoms with Crippen molar-refractivity contribution in [3.63, 3.8) is 0 Å². The quantitative estimate of drug-likeness (QED) is 0.305. The smallest absolute Gasteiger partial charge is 0.122 e. The summed E-state index contributed by atoms with van der Waals surface area (Å²) in [5.74, 6) is 2.72. The molecule has 0 saturated heterocycles. The third-order valence-corrected chi connectivity index (χ3v) is 5.35. The second-order valence-corrected chi connectivity index (χ2v) is 7.64. The minimum absolute atomic E-state index is 0.673. The van der Waals surface area contributed by atoms with Crippen LogP contribution in [0.3, 0.4) is 0 Å². The van der Waals surface area contributed by atoms with E-state index in [4.69, 9.17) is 26.1 Å². The number of hydrogen-bond donors (Lipinski definition) is 0. The van der Waals surface area contributed by atoms with Crippen LogP contribution in [0.25, 0.3) is 11.0 Å². The van der Waals surface area contributed by atoms with Crippen LogP contribution in [0.4, 0.5) is 0 Å². The van der Waals surface area contributed by atoms with Crippen LogP contribution < -0.4 is 9.47 Å². The molecule has 0 radical (unpaired) electrons. The van der Waals surface area contributed by atoms with Gasteiger partial charge in [0.05, 0.1) is 24.8 Å². The molecular formula is C25H25ClN2O2. The predicted octanol–water partition coefficient (Wildman–Crippen LogP) is 6.15. The van der Waals surface area contributed by atoms with E-state index in [0.29, 0.717) is 6.61 Å². The Morgan fingerprint density at radius 1 is 0.900 bits per heavy atom. The van der Waals surface area contributed by atoms with Crippen LogP contribution in [0.5, 0.6) is 11.5 Å². The molecule has 0 unspecified atom stereocenters. The number of para-hydroxylation sites is 2. The maximum Gasteiger partial charge on any atom is 0.122 e. The standard InChI is InChI=1S/C25H25ClN2O2/c1-29-21-7-6-8-22(18-21)30-16-5-4-15-28-24-10-3-2-9-23(24)27-25(28)17-19-11-13-20(26)14-12-19/h2-3,6-14,18H,4-5,15-17H2,1H3. The van der Waals surface area contributed by atoms with E-state index in [-0.39, 0.29) is 0 Å². The molecule has 0 saturated carbocycles. The number of nitrogens with zero attached hydrogens (tertiary/aromatic N) is 2. The van der Waals surface area contributed by atoms with Gasteiger partial charge >= 0.3 is 0 Å². The highest BCUT2D eigenvalue weighted by molar-refractivity contribution is 6.30. The van der Waals surface area contributed by atoms with E-state index >= 15 is 0 Å². The van der Waals surface area contributed by atoms with Crippen molar-refractivity contribution in [3.8, 4) is 11.5 Å². The molecule has 4 aromatic rings. The number of fused-ring (bicyclic) bond motifs is 1. The molecule has 1 heterocycles. The third-order valence-electron chi connectivity index (χ3n) is 5.10. The van der Waals surface area contributed by atoms with Crippen molar-refractivity contribution in [1.29, 1.82) is 0 Å². The maximum atomic E-state index is 6.03. The Morgan fingerprint density at radius 3 is 2.53 bits per heavy atom. The van der Waals surface area contributed by atoms with Crippen molar-refractivity contribution in [2.45, 2.75) is 25.8 Å². The summed E-state index contributed by atoms with van der Waals surface area (Å²) < 4.78 is 13.4. The molecule has 0 aliphatic carbocycles.